The molecule has 0 saturated heterocycles. The Morgan fingerprint density at radius 2 is 1.75 bits per heavy atom. The average molecular weight is 269 g/mol. The van der Waals surface area contributed by atoms with Gasteiger partial charge in [-0.1, -0.05) is 18.2 Å². The second-order valence-corrected chi connectivity index (χ2v) is 4.40. The van der Waals surface area contributed by atoms with Gasteiger partial charge in [0.25, 0.3) is 0 Å². The van der Waals surface area contributed by atoms with Gasteiger partial charge in [0.1, 0.15) is 11.6 Å². The minimum Gasteiger partial charge on any atom is -0.497 e. The number of hydrogen-bond donors (Lipinski definition) is 0. The lowest BCUT2D eigenvalue weighted by Gasteiger charge is -2.06. The van der Waals surface area contributed by atoms with Gasteiger partial charge in [-0.05, 0) is 29.8 Å². The van der Waals surface area contributed by atoms with Crippen LogP contribution in [0, 0.1) is 0 Å². The predicted octanol–water partition coefficient (Wildman–Crippen LogP) is 2.34. The van der Waals surface area contributed by atoms with Crippen LogP contribution in [-0.4, -0.2) is 28.8 Å². The van der Waals surface area contributed by atoms with Gasteiger partial charge in [-0.3, -0.25) is 0 Å². The first-order chi connectivity index (χ1) is 9.81. The van der Waals surface area contributed by atoms with Crippen LogP contribution in [0.5, 0.6) is 11.6 Å². The summed E-state index contributed by atoms with van der Waals surface area (Å²) in [6, 6.07) is 13.6. The maximum absolute atomic E-state index is 5.36. The van der Waals surface area contributed by atoms with Gasteiger partial charge < -0.3 is 9.47 Å². The number of rotatable bonds is 4. The van der Waals surface area contributed by atoms with Crippen molar-refractivity contribution in [3.63, 3.8) is 0 Å². The number of nitrogens with zero attached hydrogens (tertiary/aromatic N) is 3. The summed E-state index contributed by atoms with van der Waals surface area (Å²) in [7, 11) is 3.30. The summed E-state index contributed by atoms with van der Waals surface area (Å²) in [5.74, 6) is 2.43. The zero-order chi connectivity index (χ0) is 13.9. The van der Waals surface area contributed by atoms with Crippen LogP contribution < -0.4 is 9.47 Å². The standard InChI is InChI=1S/C15H15N3O2/c1-19-12-8-6-11(7-9-12)10-14-17-16-13-4-3-5-15(20-2)18(13)14/h3-9H,10H2,1-2H3. The highest BCUT2D eigenvalue weighted by atomic mass is 16.5. The quantitative estimate of drug-likeness (QED) is 0.729. The lowest BCUT2D eigenvalue weighted by atomic mass is 10.1. The molecular weight excluding hydrogens is 254 g/mol. The molecule has 0 aliphatic rings. The Balaban J connectivity index is 1.97. The topological polar surface area (TPSA) is 48.7 Å². The van der Waals surface area contributed by atoms with Crippen LogP contribution in [-0.2, 0) is 6.42 Å². The third kappa shape index (κ3) is 2.18. The van der Waals surface area contributed by atoms with E-state index in [0.717, 1.165) is 28.7 Å². The van der Waals surface area contributed by atoms with Crippen LogP contribution >= 0.6 is 0 Å². The molecule has 2 aromatic heterocycles. The Morgan fingerprint density at radius 1 is 0.950 bits per heavy atom. The van der Waals surface area contributed by atoms with Gasteiger partial charge >= 0.3 is 0 Å². The Morgan fingerprint density at radius 3 is 2.45 bits per heavy atom. The molecule has 0 atom stereocenters. The number of benzene rings is 1. The van der Waals surface area contributed by atoms with E-state index in [4.69, 9.17) is 9.47 Å². The highest BCUT2D eigenvalue weighted by Gasteiger charge is 2.10. The molecule has 5 nitrogen and oxygen atoms in total. The second kappa shape index (κ2) is 5.21. The van der Waals surface area contributed by atoms with Gasteiger partial charge in [-0.25, -0.2) is 4.40 Å². The van der Waals surface area contributed by atoms with Gasteiger partial charge in [-0.2, -0.15) is 0 Å². The first kappa shape index (κ1) is 12.5. The summed E-state index contributed by atoms with van der Waals surface area (Å²) in [5.41, 5.74) is 1.93. The fourth-order valence-corrected chi connectivity index (χ4v) is 2.17. The highest BCUT2D eigenvalue weighted by molar-refractivity contribution is 5.43. The first-order valence-electron chi connectivity index (χ1n) is 6.32. The van der Waals surface area contributed by atoms with Crippen LogP contribution in [0.2, 0.25) is 0 Å². The number of methoxy groups -OCH3 is 2. The summed E-state index contributed by atoms with van der Waals surface area (Å²) in [4.78, 5) is 0. The molecule has 5 heteroatoms. The van der Waals surface area contributed by atoms with Gasteiger partial charge in [0.2, 0.25) is 5.88 Å². The van der Waals surface area contributed by atoms with Gasteiger partial charge in [0.15, 0.2) is 5.65 Å². The van der Waals surface area contributed by atoms with Crippen LogP contribution in [0.15, 0.2) is 42.5 Å². The molecule has 0 amide bonds. The van der Waals surface area contributed by atoms with Crippen molar-refractivity contribution in [3.8, 4) is 11.6 Å². The van der Waals surface area contributed by atoms with Crippen molar-refractivity contribution in [1.82, 2.24) is 14.6 Å². The van der Waals surface area contributed by atoms with Gasteiger partial charge in [0.05, 0.1) is 14.2 Å². The highest BCUT2D eigenvalue weighted by Crippen LogP contribution is 2.18. The number of pyridine rings is 1. The Hall–Kier alpha value is -2.56. The Kier molecular flexibility index (Phi) is 3.25. The third-order valence-electron chi connectivity index (χ3n) is 3.19. The molecule has 2 heterocycles. The van der Waals surface area contributed by atoms with E-state index < -0.39 is 0 Å². The molecule has 3 aromatic rings. The fraction of sp³-hybridized carbons (Fsp3) is 0.200. The zero-order valence-corrected chi connectivity index (χ0v) is 11.4. The number of aromatic nitrogens is 3. The van der Waals surface area contributed by atoms with E-state index in [1.54, 1.807) is 14.2 Å². The summed E-state index contributed by atoms with van der Waals surface area (Å²) >= 11 is 0. The molecule has 3 rings (SSSR count). The minimum absolute atomic E-state index is 0.686. The Bertz CT molecular complexity index is 720. The van der Waals surface area contributed by atoms with E-state index in [1.165, 1.54) is 0 Å². The molecule has 0 radical (unpaired) electrons. The summed E-state index contributed by atoms with van der Waals surface area (Å²) in [5, 5.41) is 8.41. The molecule has 0 aliphatic carbocycles. The number of hydrogen-bond acceptors (Lipinski definition) is 4. The molecule has 0 aliphatic heterocycles. The molecule has 0 saturated carbocycles. The molecule has 1 aromatic carbocycles. The van der Waals surface area contributed by atoms with Gasteiger partial charge in [-0.15, -0.1) is 10.2 Å². The van der Waals surface area contributed by atoms with Crippen LogP contribution in [0.1, 0.15) is 11.4 Å². The SMILES string of the molecule is COc1ccc(Cc2nnc3cccc(OC)n23)cc1. The molecule has 0 bridgehead atoms. The summed E-state index contributed by atoms with van der Waals surface area (Å²) in [6.07, 6.45) is 0.686. The molecule has 0 unspecified atom stereocenters. The van der Waals surface area contributed by atoms with E-state index in [2.05, 4.69) is 10.2 Å². The van der Waals surface area contributed by atoms with Crippen molar-refractivity contribution in [2.75, 3.05) is 14.2 Å². The van der Waals surface area contributed by atoms with Crippen LogP contribution in [0.4, 0.5) is 0 Å². The second-order valence-electron chi connectivity index (χ2n) is 4.40. The summed E-state index contributed by atoms with van der Waals surface area (Å²) < 4.78 is 12.4. The minimum atomic E-state index is 0.686. The Labute approximate surface area is 116 Å². The van der Waals surface area contributed by atoms with E-state index in [9.17, 15) is 0 Å². The summed E-state index contributed by atoms with van der Waals surface area (Å²) in [6.45, 7) is 0. The van der Waals surface area contributed by atoms with E-state index in [0.29, 0.717) is 6.42 Å². The zero-order valence-electron chi connectivity index (χ0n) is 11.4. The van der Waals surface area contributed by atoms with E-state index in [-0.39, 0.29) is 0 Å². The molecule has 0 spiro atoms. The van der Waals surface area contributed by atoms with Crippen molar-refractivity contribution in [1.29, 1.82) is 0 Å². The maximum atomic E-state index is 5.36. The van der Waals surface area contributed by atoms with E-state index in [1.807, 2.05) is 46.9 Å². The number of ether oxygens (including phenoxy) is 2. The monoisotopic (exact) mass is 269 g/mol. The van der Waals surface area contributed by atoms with Gasteiger partial charge in [0, 0.05) is 6.42 Å². The third-order valence-corrected chi connectivity index (χ3v) is 3.19. The average Bonchev–Trinajstić information content (AvgIpc) is 2.91. The van der Waals surface area contributed by atoms with Crippen LogP contribution in [0.25, 0.3) is 5.65 Å². The van der Waals surface area contributed by atoms with E-state index >= 15 is 0 Å². The van der Waals surface area contributed by atoms with Crippen molar-refractivity contribution in [2.45, 2.75) is 6.42 Å². The van der Waals surface area contributed by atoms with Crippen molar-refractivity contribution in [2.24, 2.45) is 0 Å². The number of fused-ring (bicyclic) bond motifs is 1. The molecule has 20 heavy (non-hydrogen) atoms. The molecule has 0 fully saturated rings. The van der Waals surface area contributed by atoms with Crippen molar-refractivity contribution in [3.05, 3.63) is 53.9 Å². The molecular formula is C15H15N3O2. The van der Waals surface area contributed by atoms with Crippen molar-refractivity contribution >= 4 is 5.65 Å². The molecule has 102 valence electrons. The smallest absolute Gasteiger partial charge is 0.200 e. The lowest BCUT2D eigenvalue weighted by Crippen LogP contribution is -2.00. The lowest BCUT2D eigenvalue weighted by molar-refractivity contribution is 0.390. The normalized spacial score (nSPS) is 10.7. The van der Waals surface area contributed by atoms with Crippen LogP contribution in [0.3, 0.4) is 0 Å². The largest absolute Gasteiger partial charge is 0.497 e. The fourth-order valence-electron chi connectivity index (χ4n) is 2.17. The molecule has 0 N–H and O–H groups in total. The maximum Gasteiger partial charge on any atom is 0.200 e. The predicted molar refractivity (Wildman–Crippen MR) is 75.3 cm³/mol. The first-order valence-corrected chi connectivity index (χ1v) is 6.32. The van der Waals surface area contributed by atoms with Crippen molar-refractivity contribution < 1.29 is 9.47 Å².